The van der Waals surface area contributed by atoms with E-state index >= 15 is 0 Å². The third-order valence-electron chi connectivity index (χ3n) is 3.04. The van der Waals surface area contributed by atoms with Crippen LogP contribution in [0.15, 0.2) is 0 Å². The maximum absolute atomic E-state index is 12.1. The topological polar surface area (TPSA) is 0 Å². The number of alkyl halides is 9. The summed E-state index contributed by atoms with van der Waals surface area (Å²) >= 11 is 0. The van der Waals surface area contributed by atoms with Crippen molar-refractivity contribution >= 4 is 7.26 Å². The van der Waals surface area contributed by atoms with Gasteiger partial charge < -0.3 is 0 Å². The molecule has 0 spiro atoms. The van der Waals surface area contributed by atoms with Gasteiger partial charge in [-0.2, -0.15) is 0 Å². The van der Waals surface area contributed by atoms with Gasteiger partial charge in [0.25, 0.3) is 0 Å². The molecule has 0 nitrogen and oxygen atoms in total. The van der Waals surface area contributed by atoms with Crippen molar-refractivity contribution in [3.8, 4) is 0 Å². The van der Waals surface area contributed by atoms with Crippen molar-refractivity contribution in [2.75, 3.05) is 25.2 Å². The van der Waals surface area contributed by atoms with E-state index in [9.17, 15) is 39.5 Å². The van der Waals surface area contributed by atoms with Gasteiger partial charge in [-0.05, 0) is 0 Å². The van der Waals surface area contributed by atoms with Gasteiger partial charge in [0.15, 0.2) is 0 Å². The Hall–Kier alpha value is -0.200. The molecule has 10 heteroatoms. The fourth-order valence-electron chi connectivity index (χ4n) is 1.71. The Balaban J connectivity index is 4.66. The zero-order valence-corrected chi connectivity index (χ0v) is 11.6. The monoisotopic (exact) mass is 338 g/mol. The van der Waals surface area contributed by atoms with Crippen molar-refractivity contribution in [2.24, 2.45) is 0 Å². The van der Waals surface area contributed by atoms with Crippen LogP contribution >= 0.6 is 7.26 Å². The standard InChI is InChI=1S/C10H16F9P/c1-20(5-2-8(11,12)13,6-3-9(14,15)16)7-4-10(17,18)19/h20H,2-7H2,1H3. The second-order valence-corrected chi connectivity index (χ2v) is 10.3. The van der Waals surface area contributed by atoms with E-state index in [-0.39, 0.29) is 0 Å². The van der Waals surface area contributed by atoms with Crippen LogP contribution < -0.4 is 0 Å². The molecule has 0 aromatic carbocycles. The van der Waals surface area contributed by atoms with Crippen LogP contribution in [0.1, 0.15) is 19.3 Å². The number of halogens is 9. The molecule has 0 aliphatic rings. The normalized spacial score (nSPS) is 15.5. The molecule has 0 aliphatic carbocycles. The molecule has 0 bridgehead atoms. The van der Waals surface area contributed by atoms with Crippen LogP contribution in [0.3, 0.4) is 0 Å². The zero-order valence-electron chi connectivity index (χ0n) is 10.6. The van der Waals surface area contributed by atoms with E-state index in [1.54, 1.807) is 0 Å². The van der Waals surface area contributed by atoms with Gasteiger partial charge in [-0.1, -0.05) is 0 Å². The van der Waals surface area contributed by atoms with Crippen molar-refractivity contribution in [1.29, 1.82) is 0 Å². The second kappa shape index (κ2) is 6.71. The summed E-state index contributed by atoms with van der Waals surface area (Å²) < 4.78 is 109. The second-order valence-electron chi connectivity index (χ2n) is 5.16. The first kappa shape index (κ1) is 19.8. The van der Waals surface area contributed by atoms with Gasteiger partial charge in [0, 0.05) is 0 Å². The van der Waals surface area contributed by atoms with Crippen molar-refractivity contribution in [3.63, 3.8) is 0 Å². The average molecular weight is 338 g/mol. The van der Waals surface area contributed by atoms with E-state index < -0.39 is 63.5 Å². The van der Waals surface area contributed by atoms with Crippen LogP contribution in [-0.4, -0.2) is 43.7 Å². The van der Waals surface area contributed by atoms with Gasteiger partial charge in [-0.15, -0.1) is 0 Å². The Morgan fingerprint density at radius 1 is 0.550 bits per heavy atom. The molecule has 0 unspecified atom stereocenters. The molecule has 0 aromatic heterocycles. The first-order chi connectivity index (χ1) is 8.62. The third-order valence-corrected chi connectivity index (χ3v) is 7.41. The molecule has 0 rings (SSSR count). The molecule has 124 valence electrons. The summed E-state index contributed by atoms with van der Waals surface area (Å²) in [5.74, 6) is 0. The molecule has 0 radical (unpaired) electrons. The molecule has 0 saturated carbocycles. The van der Waals surface area contributed by atoms with E-state index in [1.807, 2.05) is 0 Å². The van der Waals surface area contributed by atoms with E-state index in [2.05, 4.69) is 0 Å². The quantitative estimate of drug-likeness (QED) is 0.460. The van der Waals surface area contributed by atoms with Crippen LogP contribution in [0, 0.1) is 0 Å². The summed E-state index contributed by atoms with van der Waals surface area (Å²) in [5, 5.41) is 0. The molecular weight excluding hydrogens is 322 g/mol. The van der Waals surface area contributed by atoms with Gasteiger partial charge >= 0.3 is 110 Å². The Bertz CT molecular complexity index is 243. The third kappa shape index (κ3) is 11.6. The Kier molecular flexibility index (Phi) is 6.64. The number of rotatable bonds is 6. The summed E-state index contributed by atoms with van der Waals surface area (Å²) in [6.45, 7) is 1.18. The van der Waals surface area contributed by atoms with Crippen LogP contribution in [0.4, 0.5) is 39.5 Å². The van der Waals surface area contributed by atoms with Crippen molar-refractivity contribution < 1.29 is 39.5 Å². The molecule has 0 N–H and O–H groups in total. The first-order valence-corrected chi connectivity index (χ1v) is 8.94. The van der Waals surface area contributed by atoms with Gasteiger partial charge in [0.1, 0.15) is 0 Å². The predicted octanol–water partition coefficient (Wildman–Crippen LogP) is 5.22. The number of hydrogen-bond acceptors (Lipinski definition) is 0. The molecule has 0 aromatic rings. The van der Waals surface area contributed by atoms with Crippen LogP contribution in [0.5, 0.6) is 0 Å². The van der Waals surface area contributed by atoms with Crippen molar-refractivity contribution in [3.05, 3.63) is 0 Å². The minimum absolute atomic E-state index is 0.608. The Morgan fingerprint density at radius 3 is 0.900 bits per heavy atom. The zero-order chi connectivity index (χ0) is 16.2. The average Bonchev–Trinajstić information content (AvgIpc) is 2.18. The first-order valence-electron chi connectivity index (χ1n) is 5.82. The summed E-state index contributed by atoms with van der Waals surface area (Å²) in [5.41, 5.74) is 0. The predicted molar refractivity (Wildman–Crippen MR) is 60.9 cm³/mol. The molecule has 0 aliphatic heterocycles. The Labute approximate surface area is 111 Å². The van der Waals surface area contributed by atoms with E-state index in [4.69, 9.17) is 0 Å². The molecule has 20 heavy (non-hydrogen) atoms. The minimum atomic E-state index is -4.56. The number of hydrogen-bond donors (Lipinski definition) is 0. The van der Waals surface area contributed by atoms with E-state index in [0.29, 0.717) is 0 Å². The van der Waals surface area contributed by atoms with Crippen LogP contribution in [-0.2, 0) is 0 Å². The fourth-order valence-corrected chi connectivity index (χ4v) is 5.12. The molecule has 0 atom stereocenters. The van der Waals surface area contributed by atoms with Crippen molar-refractivity contribution in [1.82, 2.24) is 0 Å². The molecule has 0 amide bonds. The summed E-state index contributed by atoms with van der Waals surface area (Å²) in [6.07, 6.45) is -19.5. The van der Waals surface area contributed by atoms with Gasteiger partial charge in [0.2, 0.25) is 0 Å². The van der Waals surface area contributed by atoms with Crippen molar-refractivity contribution in [2.45, 2.75) is 37.8 Å². The summed E-state index contributed by atoms with van der Waals surface area (Å²) in [7, 11) is -3.24. The van der Waals surface area contributed by atoms with Gasteiger partial charge in [0.05, 0.1) is 0 Å². The fraction of sp³-hybridized carbons (Fsp3) is 1.00. The van der Waals surface area contributed by atoms with Gasteiger partial charge in [-0.25, -0.2) is 0 Å². The summed E-state index contributed by atoms with van der Waals surface area (Å²) in [6, 6.07) is 0. The van der Waals surface area contributed by atoms with Gasteiger partial charge in [-0.3, -0.25) is 0 Å². The summed E-state index contributed by atoms with van der Waals surface area (Å²) in [4.78, 5) is 0. The molecule has 0 heterocycles. The van der Waals surface area contributed by atoms with Crippen LogP contribution in [0.2, 0.25) is 0 Å². The van der Waals surface area contributed by atoms with Crippen LogP contribution in [0.25, 0.3) is 0 Å². The maximum atomic E-state index is 12.1. The molecular formula is C10H16F9P. The molecule has 0 saturated heterocycles. The SMILES string of the molecule is C[PH](CCC(F)(F)F)(CCC(F)(F)F)CCC(F)(F)F. The molecule has 0 fully saturated rings. The van der Waals surface area contributed by atoms with E-state index in [0.717, 1.165) is 0 Å². The van der Waals surface area contributed by atoms with E-state index in [1.165, 1.54) is 6.66 Å². The Morgan fingerprint density at radius 2 is 0.750 bits per heavy atom.